The van der Waals surface area contributed by atoms with E-state index in [0.717, 1.165) is 6.92 Å². The first-order chi connectivity index (χ1) is 19.3. The number of rotatable bonds is 4. The van der Waals surface area contributed by atoms with E-state index in [9.17, 15) is 44.7 Å². The Morgan fingerprint density at radius 1 is 1.07 bits per heavy atom. The van der Waals surface area contributed by atoms with E-state index in [1.54, 1.807) is 6.92 Å². The summed E-state index contributed by atoms with van der Waals surface area (Å²) in [5.74, 6) is -4.31. The second-order valence-corrected chi connectivity index (χ2v) is 10.6. The Labute approximate surface area is 233 Å². The van der Waals surface area contributed by atoms with E-state index in [0.29, 0.717) is 0 Å². The van der Waals surface area contributed by atoms with Gasteiger partial charge in [0.2, 0.25) is 5.78 Å². The molecule has 1 saturated heterocycles. The van der Waals surface area contributed by atoms with Gasteiger partial charge >= 0.3 is 6.03 Å². The van der Waals surface area contributed by atoms with Crippen molar-refractivity contribution in [1.29, 1.82) is 0 Å². The minimum absolute atomic E-state index is 0.0698. The molecule has 2 aliphatic carbocycles. The summed E-state index contributed by atoms with van der Waals surface area (Å²) in [6.07, 6.45) is -5.36. The number of urea groups is 1. The molecule has 0 radical (unpaired) electrons. The number of aromatic hydroxyl groups is 3. The number of Topliss-reactive ketones (excluding diaryl/α,β-unsaturated/α-hetero) is 1. The highest BCUT2D eigenvalue weighted by atomic mass is 16.7. The van der Waals surface area contributed by atoms with Crippen molar-refractivity contribution in [3.63, 3.8) is 0 Å². The van der Waals surface area contributed by atoms with Crippen molar-refractivity contribution in [1.82, 2.24) is 10.6 Å². The van der Waals surface area contributed by atoms with Gasteiger partial charge in [0.25, 0.3) is 0 Å². The van der Waals surface area contributed by atoms with E-state index in [1.165, 1.54) is 25.2 Å². The van der Waals surface area contributed by atoms with Crippen molar-refractivity contribution in [2.24, 2.45) is 0 Å². The Hall–Kier alpha value is -4.04. The van der Waals surface area contributed by atoms with E-state index in [2.05, 4.69) is 10.6 Å². The third kappa shape index (κ3) is 4.50. The summed E-state index contributed by atoms with van der Waals surface area (Å²) < 4.78 is 11.9. The number of benzene rings is 2. The Morgan fingerprint density at radius 3 is 2.41 bits per heavy atom. The van der Waals surface area contributed by atoms with Crippen LogP contribution in [0.25, 0.3) is 0 Å². The molecule has 0 spiro atoms. The number of amides is 2. The summed E-state index contributed by atoms with van der Waals surface area (Å²) in [4.78, 5) is 51.4. The number of phenols is 3. The summed E-state index contributed by atoms with van der Waals surface area (Å²) in [5, 5.41) is 59.9. The van der Waals surface area contributed by atoms with Gasteiger partial charge in [0, 0.05) is 43.0 Å². The molecule has 2 aromatic carbocycles. The number of fused-ring (bicyclic) bond motifs is 3. The van der Waals surface area contributed by atoms with Gasteiger partial charge in [0.05, 0.1) is 34.9 Å². The summed E-state index contributed by atoms with van der Waals surface area (Å²) >= 11 is 0. The van der Waals surface area contributed by atoms with Crippen LogP contribution in [0, 0.1) is 0 Å². The molecule has 13 heteroatoms. The quantitative estimate of drug-likeness (QED) is 0.217. The SMILES string of the molecule is CNC(=O)N[C@H]1C[C@H](O[C@H]2C[C@](O)(C(C)=O)Cc3c(O)c4c(c(O)c32)C(=O)c2c(O)cccc2C4=O)O[C@@H](C)[C@H]1O. The van der Waals surface area contributed by atoms with Gasteiger partial charge in [0.15, 0.2) is 17.9 Å². The van der Waals surface area contributed by atoms with E-state index < -0.39 is 101 Å². The zero-order valence-electron chi connectivity index (χ0n) is 22.4. The number of aliphatic hydroxyl groups excluding tert-OH is 1. The lowest BCUT2D eigenvalue weighted by molar-refractivity contribution is -0.248. The first-order valence-electron chi connectivity index (χ1n) is 13.0. The van der Waals surface area contributed by atoms with Crippen LogP contribution in [0.1, 0.15) is 75.8 Å². The van der Waals surface area contributed by atoms with Crippen molar-refractivity contribution in [2.45, 2.75) is 69.4 Å². The van der Waals surface area contributed by atoms with Crippen LogP contribution in [-0.4, -0.2) is 86.1 Å². The molecule has 218 valence electrons. The molecule has 6 atom stereocenters. The van der Waals surface area contributed by atoms with Gasteiger partial charge < -0.3 is 45.6 Å². The van der Waals surface area contributed by atoms with Gasteiger partial charge in [-0.05, 0) is 19.9 Å². The first-order valence-corrected chi connectivity index (χ1v) is 13.0. The van der Waals surface area contributed by atoms with Crippen LogP contribution in [0.5, 0.6) is 17.2 Å². The average molecular weight is 571 g/mol. The number of ether oxygens (including phenoxy) is 2. The van der Waals surface area contributed by atoms with E-state index in [1.807, 2.05) is 0 Å². The minimum atomic E-state index is -2.08. The van der Waals surface area contributed by atoms with Gasteiger partial charge in [-0.25, -0.2) is 4.79 Å². The first kappa shape index (κ1) is 28.5. The van der Waals surface area contributed by atoms with Crippen molar-refractivity contribution in [3.05, 3.63) is 51.6 Å². The van der Waals surface area contributed by atoms with Crippen LogP contribution in [0.15, 0.2) is 18.2 Å². The Bertz CT molecular complexity index is 1490. The average Bonchev–Trinajstić information content (AvgIpc) is 2.91. The maximum Gasteiger partial charge on any atom is 0.314 e. The van der Waals surface area contributed by atoms with Gasteiger partial charge in [-0.1, -0.05) is 12.1 Å². The molecule has 1 fully saturated rings. The fraction of sp³-hybridized carbons (Fsp3) is 0.429. The zero-order valence-corrected chi connectivity index (χ0v) is 22.4. The fourth-order valence-corrected chi connectivity index (χ4v) is 5.85. The Morgan fingerprint density at radius 2 is 1.76 bits per heavy atom. The number of hydrogen-bond acceptors (Lipinski definition) is 11. The highest BCUT2D eigenvalue weighted by Crippen LogP contribution is 2.52. The lowest BCUT2D eigenvalue weighted by atomic mass is 9.72. The summed E-state index contributed by atoms with van der Waals surface area (Å²) in [6.45, 7) is 2.69. The third-order valence-electron chi connectivity index (χ3n) is 8.09. The van der Waals surface area contributed by atoms with Gasteiger partial charge in [0.1, 0.15) is 29.0 Å². The number of hydrogen-bond donors (Lipinski definition) is 7. The normalized spacial score (nSPS) is 28.8. The Balaban J connectivity index is 1.62. The number of nitrogens with one attached hydrogen (secondary N) is 2. The van der Waals surface area contributed by atoms with Crippen LogP contribution >= 0.6 is 0 Å². The Kier molecular flexibility index (Phi) is 7.02. The smallest absolute Gasteiger partial charge is 0.314 e. The molecule has 0 unspecified atom stereocenters. The topological polar surface area (TPSA) is 212 Å². The molecule has 3 aliphatic rings. The number of phenolic OH excluding ortho intramolecular Hbond substituents is 3. The van der Waals surface area contributed by atoms with Crippen molar-refractivity contribution >= 4 is 23.4 Å². The van der Waals surface area contributed by atoms with E-state index in [4.69, 9.17) is 9.47 Å². The van der Waals surface area contributed by atoms with Crippen molar-refractivity contribution in [2.75, 3.05) is 7.05 Å². The van der Waals surface area contributed by atoms with Crippen LogP contribution in [0.3, 0.4) is 0 Å². The molecule has 2 amide bonds. The van der Waals surface area contributed by atoms with Crippen LogP contribution in [0.4, 0.5) is 4.79 Å². The predicted octanol–water partition coefficient (Wildman–Crippen LogP) is 0.696. The van der Waals surface area contributed by atoms with Crippen LogP contribution < -0.4 is 10.6 Å². The molecule has 2 aromatic rings. The third-order valence-corrected chi connectivity index (χ3v) is 8.09. The predicted molar refractivity (Wildman–Crippen MR) is 139 cm³/mol. The molecular weight excluding hydrogens is 540 g/mol. The molecule has 41 heavy (non-hydrogen) atoms. The van der Waals surface area contributed by atoms with Crippen LogP contribution in [-0.2, 0) is 20.7 Å². The second-order valence-electron chi connectivity index (χ2n) is 10.6. The standard InChI is InChI=1S/C28H30N2O11/c1-10-22(33)14(30-27(38)29-3)7-17(40-10)41-16-9-28(39,11(2)31)8-13-19(16)26(37)21-20(24(13)35)23(34)12-5-4-6-15(32)18(12)25(21)36/h4-6,10,14,16-17,22,32-33,35,37,39H,7-9H2,1-3H3,(H2,29,30,38)/t10-,14-,16-,17-,22+,28-/m0/s1. The summed E-state index contributed by atoms with van der Waals surface area (Å²) in [6, 6.07) is 2.49. The summed E-state index contributed by atoms with van der Waals surface area (Å²) in [5.41, 5.74) is -3.96. The zero-order chi connectivity index (χ0) is 30.0. The number of ketones is 3. The van der Waals surface area contributed by atoms with Gasteiger partial charge in [-0.15, -0.1) is 0 Å². The number of carbonyl (C=O) groups is 4. The monoisotopic (exact) mass is 570 g/mol. The molecule has 0 aromatic heterocycles. The van der Waals surface area contributed by atoms with Gasteiger partial charge in [-0.2, -0.15) is 0 Å². The molecule has 0 saturated carbocycles. The lowest BCUT2D eigenvalue weighted by Crippen LogP contribution is -2.57. The maximum absolute atomic E-state index is 13.5. The van der Waals surface area contributed by atoms with Crippen molar-refractivity contribution in [3.8, 4) is 17.2 Å². The number of carbonyl (C=O) groups excluding carboxylic acids is 4. The summed E-state index contributed by atoms with van der Waals surface area (Å²) in [7, 11) is 1.40. The van der Waals surface area contributed by atoms with E-state index in [-0.39, 0.29) is 28.7 Å². The molecule has 7 N–H and O–H groups in total. The van der Waals surface area contributed by atoms with Crippen LogP contribution in [0.2, 0.25) is 0 Å². The maximum atomic E-state index is 13.5. The highest BCUT2D eigenvalue weighted by Gasteiger charge is 2.49. The van der Waals surface area contributed by atoms with Gasteiger partial charge in [-0.3, -0.25) is 14.4 Å². The lowest BCUT2D eigenvalue weighted by Gasteiger charge is -2.42. The van der Waals surface area contributed by atoms with Crippen molar-refractivity contribution < 1.29 is 54.2 Å². The molecule has 0 bridgehead atoms. The molecule has 1 aliphatic heterocycles. The highest BCUT2D eigenvalue weighted by molar-refractivity contribution is 6.31. The second kappa shape index (κ2) is 10.1. The molecule has 5 rings (SSSR count). The minimum Gasteiger partial charge on any atom is -0.507 e. The largest absolute Gasteiger partial charge is 0.507 e. The number of aliphatic hydroxyl groups is 2. The molecule has 13 nitrogen and oxygen atoms in total. The fourth-order valence-electron chi connectivity index (χ4n) is 5.85. The molecule has 1 heterocycles. The molecular formula is C28H30N2O11. The van der Waals surface area contributed by atoms with E-state index >= 15 is 0 Å².